The van der Waals surface area contributed by atoms with Crippen LogP contribution in [0, 0.1) is 24.0 Å². The third-order valence-corrected chi connectivity index (χ3v) is 2.98. The van der Waals surface area contributed by atoms with Crippen LogP contribution < -0.4 is 10.1 Å². The molecular formula is C15H17F2NO3. The Morgan fingerprint density at radius 1 is 1.48 bits per heavy atom. The topological polar surface area (TPSA) is 58.6 Å². The molecule has 114 valence electrons. The fourth-order valence-corrected chi connectivity index (χ4v) is 1.38. The van der Waals surface area contributed by atoms with E-state index in [-0.39, 0.29) is 12.4 Å². The zero-order valence-electron chi connectivity index (χ0n) is 12.0. The molecule has 0 aliphatic heterocycles. The molecule has 1 amide bonds. The molecule has 0 bridgehead atoms. The molecule has 0 fully saturated rings. The van der Waals surface area contributed by atoms with Crippen LogP contribution in [0.25, 0.3) is 0 Å². The molecule has 4 nitrogen and oxygen atoms in total. The summed E-state index contributed by atoms with van der Waals surface area (Å²) >= 11 is 0. The van der Waals surface area contributed by atoms with Gasteiger partial charge in [0.25, 0.3) is 5.91 Å². The number of terminal acetylenes is 1. The lowest BCUT2D eigenvalue weighted by Gasteiger charge is -2.26. The van der Waals surface area contributed by atoms with Gasteiger partial charge in [0.05, 0.1) is 17.2 Å². The number of amides is 1. The number of aliphatic hydroxyl groups is 1. The second-order valence-electron chi connectivity index (χ2n) is 5.10. The van der Waals surface area contributed by atoms with Crippen molar-refractivity contribution in [2.75, 3.05) is 6.61 Å². The summed E-state index contributed by atoms with van der Waals surface area (Å²) in [7, 11) is 0. The molecule has 0 radical (unpaired) electrons. The standard InChI is InChI=1S/C15H17F2NO3/c1-5-6-21-13-8-11(16)10(7-12(13)17)14(19)18-9(2)15(3,4)20/h1,7-9,20H,6H2,2-4H3,(H,18,19). The van der Waals surface area contributed by atoms with Crippen molar-refractivity contribution < 1.29 is 23.4 Å². The van der Waals surface area contributed by atoms with Crippen molar-refractivity contribution >= 4 is 5.91 Å². The number of hydrogen-bond donors (Lipinski definition) is 2. The van der Waals surface area contributed by atoms with Crippen molar-refractivity contribution in [3.8, 4) is 18.1 Å². The van der Waals surface area contributed by atoms with E-state index in [1.807, 2.05) is 0 Å². The molecule has 0 saturated carbocycles. The largest absolute Gasteiger partial charge is 0.478 e. The average molecular weight is 297 g/mol. The van der Waals surface area contributed by atoms with Crippen LogP contribution in [-0.4, -0.2) is 29.3 Å². The van der Waals surface area contributed by atoms with E-state index in [0.29, 0.717) is 0 Å². The first-order valence-corrected chi connectivity index (χ1v) is 6.25. The summed E-state index contributed by atoms with van der Waals surface area (Å²) in [5.74, 6) is -0.904. The first-order chi connectivity index (χ1) is 9.66. The second-order valence-corrected chi connectivity index (χ2v) is 5.10. The Bertz CT molecular complexity index is 574. The lowest BCUT2D eigenvalue weighted by atomic mass is 10.0. The van der Waals surface area contributed by atoms with Crippen LogP contribution in [0.1, 0.15) is 31.1 Å². The minimum atomic E-state index is -1.19. The molecule has 0 aromatic heterocycles. The monoisotopic (exact) mass is 297 g/mol. The van der Waals surface area contributed by atoms with E-state index in [1.54, 1.807) is 6.92 Å². The highest BCUT2D eigenvalue weighted by Gasteiger charge is 2.26. The number of rotatable bonds is 5. The van der Waals surface area contributed by atoms with Crippen LogP contribution in [0.3, 0.4) is 0 Å². The number of ether oxygens (including phenoxy) is 1. The summed E-state index contributed by atoms with van der Waals surface area (Å²) < 4.78 is 32.3. The van der Waals surface area contributed by atoms with Gasteiger partial charge in [-0.3, -0.25) is 4.79 Å². The maximum Gasteiger partial charge on any atom is 0.254 e. The van der Waals surface area contributed by atoms with Gasteiger partial charge >= 0.3 is 0 Å². The van der Waals surface area contributed by atoms with Crippen LogP contribution in [0.4, 0.5) is 8.78 Å². The zero-order valence-corrected chi connectivity index (χ0v) is 12.0. The Labute approximate surface area is 122 Å². The van der Waals surface area contributed by atoms with Crippen LogP contribution in [0.5, 0.6) is 5.75 Å². The normalized spacial score (nSPS) is 12.4. The van der Waals surface area contributed by atoms with E-state index in [9.17, 15) is 18.7 Å². The summed E-state index contributed by atoms with van der Waals surface area (Å²) in [5.41, 5.74) is -1.67. The van der Waals surface area contributed by atoms with Gasteiger partial charge in [-0.2, -0.15) is 0 Å². The minimum Gasteiger partial charge on any atom is -0.478 e. The van der Waals surface area contributed by atoms with Crippen molar-refractivity contribution in [2.24, 2.45) is 0 Å². The molecule has 1 rings (SSSR count). The highest BCUT2D eigenvalue weighted by molar-refractivity contribution is 5.94. The van der Waals surface area contributed by atoms with Crippen molar-refractivity contribution in [1.29, 1.82) is 0 Å². The van der Waals surface area contributed by atoms with Crippen molar-refractivity contribution in [3.63, 3.8) is 0 Å². The number of carbonyl (C=O) groups excluding carboxylic acids is 1. The van der Waals surface area contributed by atoms with Crippen LogP contribution in [0.15, 0.2) is 12.1 Å². The van der Waals surface area contributed by atoms with Gasteiger partial charge in [-0.05, 0) is 26.8 Å². The lowest BCUT2D eigenvalue weighted by molar-refractivity contribution is 0.0407. The van der Waals surface area contributed by atoms with Crippen LogP contribution in [0.2, 0.25) is 0 Å². The van der Waals surface area contributed by atoms with E-state index in [1.165, 1.54) is 13.8 Å². The van der Waals surface area contributed by atoms with Gasteiger partial charge in [-0.25, -0.2) is 8.78 Å². The molecule has 1 unspecified atom stereocenters. The van der Waals surface area contributed by atoms with E-state index in [2.05, 4.69) is 11.2 Å². The van der Waals surface area contributed by atoms with Gasteiger partial charge in [0.1, 0.15) is 12.4 Å². The Kier molecular flexibility index (Phi) is 5.28. The zero-order chi connectivity index (χ0) is 16.2. The van der Waals surface area contributed by atoms with E-state index >= 15 is 0 Å². The fraction of sp³-hybridized carbons (Fsp3) is 0.400. The summed E-state index contributed by atoms with van der Waals surface area (Å²) in [5, 5.41) is 12.1. The summed E-state index contributed by atoms with van der Waals surface area (Å²) in [6.07, 6.45) is 4.96. The average Bonchev–Trinajstić information content (AvgIpc) is 2.37. The number of benzene rings is 1. The number of hydrogen-bond acceptors (Lipinski definition) is 3. The third kappa shape index (κ3) is 4.43. The molecule has 1 aromatic carbocycles. The van der Waals surface area contributed by atoms with Gasteiger partial charge in [0.2, 0.25) is 0 Å². The van der Waals surface area contributed by atoms with Crippen molar-refractivity contribution in [1.82, 2.24) is 5.32 Å². The van der Waals surface area contributed by atoms with Gasteiger partial charge in [0.15, 0.2) is 11.6 Å². The van der Waals surface area contributed by atoms with Gasteiger partial charge < -0.3 is 15.2 Å². The second kappa shape index (κ2) is 6.55. The molecule has 0 aliphatic rings. The highest BCUT2D eigenvalue weighted by Crippen LogP contribution is 2.22. The molecular weight excluding hydrogens is 280 g/mol. The molecule has 0 spiro atoms. The van der Waals surface area contributed by atoms with E-state index in [0.717, 1.165) is 12.1 Å². The maximum atomic E-state index is 13.8. The summed E-state index contributed by atoms with van der Waals surface area (Å²) in [4.78, 5) is 11.9. The highest BCUT2D eigenvalue weighted by atomic mass is 19.1. The molecule has 1 aromatic rings. The van der Waals surface area contributed by atoms with Gasteiger partial charge in [-0.15, -0.1) is 6.42 Å². The Balaban J connectivity index is 2.96. The molecule has 0 heterocycles. The predicted octanol–water partition coefficient (Wildman–Crippen LogP) is 1.87. The first kappa shape index (κ1) is 16.9. The summed E-state index contributed by atoms with van der Waals surface area (Å²) in [6, 6.07) is 0.842. The fourth-order valence-electron chi connectivity index (χ4n) is 1.38. The number of nitrogens with one attached hydrogen (secondary N) is 1. The molecule has 2 N–H and O–H groups in total. The Hall–Kier alpha value is -2.13. The number of halogens is 2. The lowest BCUT2D eigenvalue weighted by Crippen LogP contribution is -2.47. The quantitative estimate of drug-likeness (QED) is 0.816. The van der Waals surface area contributed by atoms with E-state index in [4.69, 9.17) is 11.2 Å². The van der Waals surface area contributed by atoms with Crippen molar-refractivity contribution in [2.45, 2.75) is 32.4 Å². The molecule has 0 aliphatic carbocycles. The Morgan fingerprint density at radius 2 is 2.10 bits per heavy atom. The molecule has 21 heavy (non-hydrogen) atoms. The Morgan fingerprint density at radius 3 is 2.62 bits per heavy atom. The third-order valence-electron chi connectivity index (χ3n) is 2.98. The van der Waals surface area contributed by atoms with E-state index < -0.39 is 34.7 Å². The number of carbonyl (C=O) groups is 1. The molecule has 1 atom stereocenters. The first-order valence-electron chi connectivity index (χ1n) is 6.25. The van der Waals surface area contributed by atoms with Gasteiger partial charge in [0, 0.05) is 6.07 Å². The molecule has 0 saturated heterocycles. The maximum absolute atomic E-state index is 13.8. The summed E-state index contributed by atoms with van der Waals surface area (Å²) in [6.45, 7) is 4.32. The SMILES string of the molecule is C#CCOc1cc(F)c(C(=O)NC(C)C(C)(C)O)cc1F. The van der Waals surface area contributed by atoms with Crippen LogP contribution in [-0.2, 0) is 0 Å². The van der Waals surface area contributed by atoms with Gasteiger partial charge in [-0.1, -0.05) is 5.92 Å². The predicted molar refractivity (Wildman–Crippen MR) is 73.9 cm³/mol. The van der Waals surface area contributed by atoms with Crippen molar-refractivity contribution in [3.05, 3.63) is 29.3 Å². The molecule has 6 heteroatoms. The minimum absolute atomic E-state index is 0.211. The van der Waals surface area contributed by atoms with Crippen LogP contribution >= 0.6 is 0 Å². The smallest absolute Gasteiger partial charge is 0.254 e.